The zero-order valence-electron chi connectivity index (χ0n) is 15.8. The van der Waals surface area contributed by atoms with E-state index < -0.39 is 11.9 Å². The lowest BCUT2D eigenvalue weighted by atomic mass is 9.70. The number of ether oxygens (including phenoxy) is 3. The van der Waals surface area contributed by atoms with Crippen LogP contribution in [0.1, 0.15) is 38.2 Å². The molecular weight excluding hydrogens is 348 g/mol. The van der Waals surface area contributed by atoms with Crippen molar-refractivity contribution in [1.82, 2.24) is 4.98 Å². The van der Waals surface area contributed by atoms with Gasteiger partial charge in [-0.05, 0) is 17.0 Å². The Morgan fingerprint density at radius 3 is 2.81 bits per heavy atom. The molecule has 0 saturated carbocycles. The van der Waals surface area contributed by atoms with Crippen molar-refractivity contribution in [3.05, 3.63) is 52.9 Å². The number of esters is 1. The van der Waals surface area contributed by atoms with Gasteiger partial charge in [0.25, 0.3) is 0 Å². The Kier molecular flexibility index (Phi) is 5.32. The fourth-order valence-corrected chi connectivity index (χ4v) is 3.56. The summed E-state index contributed by atoms with van der Waals surface area (Å²) in [4.78, 5) is 29.8. The number of methoxy groups -OCH3 is 1. The van der Waals surface area contributed by atoms with Gasteiger partial charge in [0.15, 0.2) is 5.78 Å². The molecule has 0 unspecified atom stereocenters. The number of allylic oxidation sites excluding steroid dienone is 2. The molecule has 0 bridgehead atoms. The van der Waals surface area contributed by atoms with E-state index in [0.29, 0.717) is 29.7 Å². The van der Waals surface area contributed by atoms with Gasteiger partial charge in [-0.3, -0.25) is 9.78 Å². The Morgan fingerprint density at radius 2 is 2.15 bits per heavy atom. The molecule has 3 rings (SSSR count). The van der Waals surface area contributed by atoms with E-state index in [9.17, 15) is 9.59 Å². The van der Waals surface area contributed by atoms with Gasteiger partial charge < -0.3 is 19.9 Å². The number of pyridine rings is 1. The quantitative estimate of drug-likeness (QED) is 0.624. The Labute approximate surface area is 158 Å². The van der Waals surface area contributed by atoms with Gasteiger partial charge in [-0.2, -0.15) is 0 Å². The van der Waals surface area contributed by atoms with E-state index in [4.69, 9.17) is 19.9 Å². The fraction of sp³-hybridized carbons (Fsp3) is 0.450. The highest BCUT2D eigenvalue weighted by Crippen LogP contribution is 2.48. The first-order valence-electron chi connectivity index (χ1n) is 8.84. The van der Waals surface area contributed by atoms with Crippen LogP contribution >= 0.6 is 0 Å². The lowest BCUT2D eigenvalue weighted by Gasteiger charge is -2.37. The third-order valence-electron chi connectivity index (χ3n) is 4.71. The molecule has 0 radical (unpaired) electrons. The molecule has 7 nitrogen and oxygen atoms in total. The van der Waals surface area contributed by atoms with Gasteiger partial charge in [0.2, 0.25) is 5.88 Å². The van der Waals surface area contributed by atoms with E-state index in [2.05, 4.69) is 4.98 Å². The molecule has 1 aliphatic heterocycles. The van der Waals surface area contributed by atoms with Crippen molar-refractivity contribution in [2.75, 3.05) is 20.3 Å². The number of hydrogen-bond acceptors (Lipinski definition) is 7. The zero-order chi connectivity index (χ0) is 19.6. The number of carbonyl (C=O) groups excluding carboxylic acids is 2. The molecule has 27 heavy (non-hydrogen) atoms. The van der Waals surface area contributed by atoms with Crippen molar-refractivity contribution in [2.24, 2.45) is 11.1 Å². The van der Waals surface area contributed by atoms with E-state index in [1.807, 2.05) is 19.9 Å². The average molecular weight is 372 g/mol. The molecule has 0 spiro atoms. The minimum Gasteiger partial charge on any atom is -0.460 e. The Balaban J connectivity index is 2.06. The normalized spacial score (nSPS) is 21.6. The zero-order valence-corrected chi connectivity index (χ0v) is 15.8. The Bertz CT molecular complexity index is 811. The summed E-state index contributed by atoms with van der Waals surface area (Å²) in [5.74, 6) is -0.833. The largest absolute Gasteiger partial charge is 0.460 e. The second-order valence-electron chi connectivity index (χ2n) is 7.51. The van der Waals surface area contributed by atoms with Crippen molar-refractivity contribution in [1.29, 1.82) is 0 Å². The first-order chi connectivity index (χ1) is 12.8. The molecule has 0 fully saturated rings. The van der Waals surface area contributed by atoms with Gasteiger partial charge in [-0.1, -0.05) is 19.9 Å². The Hall–Kier alpha value is -2.67. The first-order valence-corrected chi connectivity index (χ1v) is 8.84. The number of Topliss-reactive ketones (excluding diaryl/α,β-unsaturated/α-hetero) is 1. The fourth-order valence-electron chi connectivity index (χ4n) is 3.56. The lowest BCUT2D eigenvalue weighted by Crippen LogP contribution is -2.35. The maximum Gasteiger partial charge on any atom is 0.340 e. The molecule has 7 heteroatoms. The molecular formula is C20H24N2O5. The summed E-state index contributed by atoms with van der Waals surface area (Å²) in [7, 11) is 1.52. The van der Waals surface area contributed by atoms with Gasteiger partial charge in [0, 0.05) is 37.9 Å². The summed E-state index contributed by atoms with van der Waals surface area (Å²) >= 11 is 0. The van der Waals surface area contributed by atoms with Gasteiger partial charge in [0.1, 0.15) is 17.9 Å². The van der Waals surface area contributed by atoms with Gasteiger partial charge in [0.05, 0.1) is 12.5 Å². The third kappa shape index (κ3) is 3.88. The maximum absolute atomic E-state index is 13.0. The molecule has 144 valence electrons. The average Bonchev–Trinajstić information content (AvgIpc) is 2.60. The van der Waals surface area contributed by atoms with Crippen LogP contribution < -0.4 is 5.73 Å². The van der Waals surface area contributed by atoms with Gasteiger partial charge in [-0.25, -0.2) is 4.79 Å². The van der Waals surface area contributed by atoms with Crippen LogP contribution in [0.15, 0.2) is 47.3 Å². The number of aromatic nitrogens is 1. The predicted octanol–water partition coefficient (Wildman–Crippen LogP) is 2.20. The number of rotatable bonds is 5. The lowest BCUT2D eigenvalue weighted by molar-refractivity contribution is -0.140. The van der Waals surface area contributed by atoms with Crippen molar-refractivity contribution in [3.63, 3.8) is 0 Å². The highest BCUT2D eigenvalue weighted by molar-refractivity contribution is 6.03. The topological polar surface area (TPSA) is 101 Å². The second-order valence-corrected chi connectivity index (χ2v) is 7.51. The molecule has 0 aromatic carbocycles. The number of nitrogens with two attached hydrogens (primary N) is 1. The van der Waals surface area contributed by atoms with Crippen molar-refractivity contribution < 1.29 is 23.8 Å². The molecule has 2 N–H and O–H groups in total. The Morgan fingerprint density at radius 1 is 1.37 bits per heavy atom. The van der Waals surface area contributed by atoms with Gasteiger partial charge in [-0.15, -0.1) is 0 Å². The summed E-state index contributed by atoms with van der Waals surface area (Å²) in [6.45, 7) is 4.36. The van der Waals surface area contributed by atoms with Crippen LogP contribution in [0.5, 0.6) is 0 Å². The molecule has 1 atom stereocenters. The SMILES string of the molecule is COCCOC(=O)C1=C(N)OC2=C(C(=O)CC(C)(C)C2)[C@@H]1c1cccnc1. The van der Waals surface area contributed by atoms with Crippen LogP contribution in [0.3, 0.4) is 0 Å². The van der Waals surface area contributed by atoms with E-state index in [1.54, 1.807) is 18.5 Å². The molecule has 0 amide bonds. The summed E-state index contributed by atoms with van der Waals surface area (Å²) in [6.07, 6.45) is 4.20. The molecule has 1 aliphatic carbocycles. The third-order valence-corrected chi connectivity index (χ3v) is 4.71. The smallest absolute Gasteiger partial charge is 0.340 e. The minimum absolute atomic E-state index is 0.0319. The van der Waals surface area contributed by atoms with E-state index in [0.717, 1.165) is 0 Å². The van der Waals surface area contributed by atoms with E-state index in [1.165, 1.54) is 7.11 Å². The van der Waals surface area contributed by atoms with Crippen LogP contribution in [-0.2, 0) is 23.8 Å². The highest BCUT2D eigenvalue weighted by atomic mass is 16.6. The summed E-state index contributed by atoms with van der Waals surface area (Å²) in [5.41, 5.74) is 7.18. The molecule has 1 aromatic rings. The van der Waals surface area contributed by atoms with Crippen LogP contribution in [0.25, 0.3) is 0 Å². The van der Waals surface area contributed by atoms with Crippen LogP contribution in [-0.4, -0.2) is 37.1 Å². The molecule has 0 saturated heterocycles. The standard InChI is InChI=1S/C20H24N2O5/c1-20(2)9-13(23)16-14(10-20)27-18(21)17(19(24)26-8-7-25-3)15(16)12-5-4-6-22-11-12/h4-6,11,15H,7-10,21H2,1-3H3/t15-/m0/s1. The summed E-state index contributed by atoms with van der Waals surface area (Å²) in [5, 5.41) is 0. The molecule has 1 aromatic heterocycles. The second kappa shape index (κ2) is 7.52. The summed E-state index contributed by atoms with van der Waals surface area (Å²) < 4.78 is 15.9. The summed E-state index contributed by atoms with van der Waals surface area (Å²) in [6, 6.07) is 3.57. The minimum atomic E-state index is -0.652. The number of ketones is 1. The molecule has 2 aliphatic rings. The van der Waals surface area contributed by atoms with Gasteiger partial charge >= 0.3 is 5.97 Å². The van der Waals surface area contributed by atoms with Crippen molar-refractivity contribution in [2.45, 2.75) is 32.6 Å². The predicted molar refractivity (Wildman–Crippen MR) is 97.2 cm³/mol. The van der Waals surface area contributed by atoms with E-state index in [-0.39, 0.29) is 35.9 Å². The van der Waals surface area contributed by atoms with E-state index >= 15 is 0 Å². The highest BCUT2D eigenvalue weighted by Gasteiger charge is 2.45. The first kappa shape index (κ1) is 19.1. The number of hydrogen-bond donors (Lipinski definition) is 1. The maximum atomic E-state index is 13.0. The number of carbonyl (C=O) groups is 2. The van der Waals surface area contributed by atoms with Crippen LogP contribution in [0, 0.1) is 5.41 Å². The molecule has 2 heterocycles. The van der Waals surface area contributed by atoms with Crippen LogP contribution in [0.4, 0.5) is 0 Å². The van der Waals surface area contributed by atoms with Crippen molar-refractivity contribution in [3.8, 4) is 0 Å². The van der Waals surface area contributed by atoms with Crippen molar-refractivity contribution >= 4 is 11.8 Å². The monoisotopic (exact) mass is 372 g/mol. The van der Waals surface area contributed by atoms with Crippen LogP contribution in [0.2, 0.25) is 0 Å². The number of nitrogens with zero attached hydrogens (tertiary/aromatic N) is 1.